The topological polar surface area (TPSA) is 74.1 Å². The number of benzene rings is 2. The van der Waals surface area contributed by atoms with Gasteiger partial charge in [0.15, 0.2) is 11.5 Å². The smallest absolute Gasteiger partial charge is 0.209 e. The largest absolute Gasteiger partial charge is 0.493 e. The quantitative estimate of drug-likeness (QED) is 0.386. The molecule has 3 rings (SSSR count). The molecule has 0 saturated carbocycles. The van der Waals surface area contributed by atoms with E-state index in [-0.39, 0.29) is 0 Å². The summed E-state index contributed by atoms with van der Waals surface area (Å²) < 4.78 is 13.1. The van der Waals surface area contributed by atoms with Crippen molar-refractivity contribution in [1.82, 2.24) is 25.5 Å². The highest BCUT2D eigenvalue weighted by Crippen LogP contribution is 2.34. The summed E-state index contributed by atoms with van der Waals surface area (Å²) in [5.41, 5.74) is 3.27. The Kier molecular flexibility index (Phi) is 7.74. The van der Waals surface area contributed by atoms with Crippen LogP contribution in [0.25, 0.3) is 0 Å². The molecule has 1 heterocycles. The van der Waals surface area contributed by atoms with E-state index in [4.69, 9.17) is 21.1 Å². The van der Waals surface area contributed by atoms with E-state index in [0.717, 1.165) is 28.6 Å². The highest BCUT2D eigenvalue weighted by atomic mass is 35.5. The third-order valence-corrected chi connectivity index (χ3v) is 5.62. The lowest BCUT2D eigenvalue weighted by Gasteiger charge is -2.14. The van der Waals surface area contributed by atoms with E-state index in [0.29, 0.717) is 29.7 Å². The normalized spacial score (nSPS) is 10.9. The average molecular weight is 434 g/mol. The Bertz CT molecular complexity index is 933. The number of tetrazole rings is 1. The zero-order valence-corrected chi connectivity index (χ0v) is 18.3. The van der Waals surface area contributed by atoms with Crippen molar-refractivity contribution in [3.63, 3.8) is 0 Å². The van der Waals surface area contributed by atoms with Gasteiger partial charge in [-0.05, 0) is 34.5 Å². The molecular weight excluding hydrogens is 410 g/mol. The molecule has 0 aliphatic rings. The molecule has 1 aromatic heterocycles. The fourth-order valence-electron chi connectivity index (χ4n) is 2.61. The monoisotopic (exact) mass is 433 g/mol. The summed E-state index contributed by atoms with van der Waals surface area (Å²) in [6.07, 6.45) is 0. The van der Waals surface area contributed by atoms with Gasteiger partial charge in [-0.3, -0.25) is 0 Å². The molecule has 7 nitrogen and oxygen atoms in total. The van der Waals surface area contributed by atoms with Gasteiger partial charge in [-0.1, -0.05) is 53.2 Å². The number of ether oxygens (including phenoxy) is 2. The molecule has 0 fully saturated rings. The molecule has 0 bridgehead atoms. The number of methoxy groups -OCH3 is 1. The second-order valence-electron chi connectivity index (χ2n) is 6.48. The van der Waals surface area contributed by atoms with Crippen LogP contribution in [0.4, 0.5) is 0 Å². The van der Waals surface area contributed by atoms with Crippen molar-refractivity contribution < 1.29 is 9.47 Å². The molecular formula is C20H24ClN5O2S. The van der Waals surface area contributed by atoms with Crippen LogP contribution >= 0.6 is 23.4 Å². The number of hydrogen-bond acceptors (Lipinski definition) is 7. The number of rotatable bonds is 10. The molecule has 3 aromatic rings. The SMILES string of the molecule is COc1cc(CNCCSc2nnnn2C)c(Cl)cc1OCc1ccc(C)cc1. The molecule has 0 unspecified atom stereocenters. The van der Waals surface area contributed by atoms with Crippen LogP contribution < -0.4 is 14.8 Å². The van der Waals surface area contributed by atoms with E-state index in [1.807, 2.05) is 19.2 Å². The predicted molar refractivity (Wildman–Crippen MR) is 115 cm³/mol. The zero-order chi connectivity index (χ0) is 20.6. The van der Waals surface area contributed by atoms with Crippen molar-refractivity contribution in [1.29, 1.82) is 0 Å². The number of halogens is 1. The number of nitrogens with one attached hydrogen (secondary N) is 1. The first-order valence-corrected chi connectivity index (χ1v) is 10.5. The van der Waals surface area contributed by atoms with E-state index in [9.17, 15) is 0 Å². The second-order valence-corrected chi connectivity index (χ2v) is 7.95. The van der Waals surface area contributed by atoms with Crippen molar-refractivity contribution >= 4 is 23.4 Å². The number of thioether (sulfide) groups is 1. The summed E-state index contributed by atoms with van der Waals surface area (Å²) in [5, 5.41) is 16.2. The maximum atomic E-state index is 6.47. The van der Waals surface area contributed by atoms with Crippen LogP contribution in [0.15, 0.2) is 41.6 Å². The van der Waals surface area contributed by atoms with Gasteiger partial charge < -0.3 is 14.8 Å². The molecule has 0 atom stereocenters. The van der Waals surface area contributed by atoms with E-state index >= 15 is 0 Å². The third-order valence-electron chi connectivity index (χ3n) is 4.25. The Hall–Kier alpha value is -2.29. The Morgan fingerprint density at radius 3 is 2.66 bits per heavy atom. The van der Waals surface area contributed by atoms with Crippen LogP contribution in [0.2, 0.25) is 5.02 Å². The van der Waals surface area contributed by atoms with Crippen molar-refractivity contribution in [2.75, 3.05) is 19.4 Å². The first kappa shape index (κ1) is 21.4. The van der Waals surface area contributed by atoms with Crippen LogP contribution in [-0.2, 0) is 20.2 Å². The van der Waals surface area contributed by atoms with Gasteiger partial charge in [-0.25, -0.2) is 4.68 Å². The minimum absolute atomic E-state index is 0.457. The molecule has 0 aliphatic heterocycles. The molecule has 0 aliphatic carbocycles. The number of nitrogens with zero attached hydrogens (tertiary/aromatic N) is 4. The van der Waals surface area contributed by atoms with Gasteiger partial charge in [-0.15, -0.1) is 5.10 Å². The van der Waals surface area contributed by atoms with Crippen molar-refractivity contribution in [2.45, 2.75) is 25.2 Å². The number of aryl methyl sites for hydroxylation is 2. The molecule has 9 heteroatoms. The molecule has 0 radical (unpaired) electrons. The van der Waals surface area contributed by atoms with Gasteiger partial charge in [0, 0.05) is 37.0 Å². The van der Waals surface area contributed by atoms with Crippen molar-refractivity contribution in [3.05, 3.63) is 58.1 Å². The fraction of sp³-hybridized carbons (Fsp3) is 0.350. The van der Waals surface area contributed by atoms with Crippen molar-refractivity contribution in [2.24, 2.45) is 7.05 Å². The Morgan fingerprint density at radius 2 is 1.97 bits per heavy atom. The van der Waals surface area contributed by atoms with Crippen LogP contribution in [0.3, 0.4) is 0 Å². The fourth-order valence-corrected chi connectivity index (χ4v) is 3.58. The summed E-state index contributed by atoms with van der Waals surface area (Å²) in [5.74, 6) is 2.14. The molecule has 2 aromatic carbocycles. The minimum Gasteiger partial charge on any atom is -0.493 e. The Morgan fingerprint density at radius 1 is 1.17 bits per heavy atom. The lowest BCUT2D eigenvalue weighted by Crippen LogP contribution is -2.17. The minimum atomic E-state index is 0.457. The molecule has 1 N–H and O–H groups in total. The highest BCUT2D eigenvalue weighted by Gasteiger charge is 2.11. The number of hydrogen-bond donors (Lipinski definition) is 1. The third kappa shape index (κ3) is 6.09. The van der Waals surface area contributed by atoms with E-state index in [1.165, 1.54) is 5.56 Å². The molecule has 29 heavy (non-hydrogen) atoms. The van der Waals surface area contributed by atoms with E-state index in [2.05, 4.69) is 52.0 Å². The van der Waals surface area contributed by atoms with Crippen LogP contribution in [0.5, 0.6) is 11.5 Å². The summed E-state index contributed by atoms with van der Waals surface area (Å²) >= 11 is 8.06. The first-order valence-electron chi connectivity index (χ1n) is 9.17. The van der Waals surface area contributed by atoms with Crippen LogP contribution in [-0.4, -0.2) is 39.6 Å². The van der Waals surface area contributed by atoms with Gasteiger partial charge in [-0.2, -0.15) is 0 Å². The molecule has 0 amide bonds. The molecule has 0 saturated heterocycles. The second kappa shape index (κ2) is 10.5. The molecule has 0 spiro atoms. The predicted octanol–water partition coefficient (Wildman–Crippen LogP) is 3.64. The van der Waals surface area contributed by atoms with Gasteiger partial charge in [0.2, 0.25) is 5.16 Å². The highest BCUT2D eigenvalue weighted by molar-refractivity contribution is 7.99. The Balaban J connectivity index is 1.53. The van der Waals surface area contributed by atoms with E-state index in [1.54, 1.807) is 23.6 Å². The summed E-state index contributed by atoms with van der Waals surface area (Å²) in [6, 6.07) is 12.0. The summed E-state index contributed by atoms with van der Waals surface area (Å²) in [6.45, 7) is 3.94. The standard InChI is InChI=1S/C20H24ClN5O2S/c1-14-4-6-15(7-5-14)13-28-19-11-17(21)16(10-18(19)27-3)12-22-8-9-29-20-23-24-25-26(20)2/h4-7,10-11,22H,8-9,12-13H2,1-3H3. The lowest BCUT2D eigenvalue weighted by molar-refractivity contribution is 0.284. The van der Waals surface area contributed by atoms with Gasteiger partial charge in [0.05, 0.1) is 7.11 Å². The lowest BCUT2D eigenvalue weighted by atomic mass is 10.1. The van der Waals surface area contributed by atoms with Crippen LogP contribution in [0, 0.1) is 6.92 Å². The first-order chi connectivity index (χ1) is 14.1. The summed E-state index contributed by atoms with van der Waals surface area (Å²) in [7, 11) is 3.45. The molecule has 154 valence electrons. The van der Waals surface area contributed by atoms with Crippen LogP contribution in [0.1, 0.15) is 16.7 Å². The van der Waals surface area contributed by atoms with Gasteiger partial charge >= 0.3 is 0 Å². The van der Waals surface area contributed by atoms with E-state index < -0.39 is 0 Å². The van der Waals surface area contributed by atoms with Gasteiger partial charge in [0.25, 0.3) is 0 Å². The van der Waals surface area contributed by atoms with Crippen molar-refractivity contribution in [3.8, 4) is 11.5 Å². The number of aromatic nitrogens is 4. The zero-order valence-electron chi connectivity index (χ0n) is 16.7. The summed E-state index contributed by atoms with van der Waals surface area (Å²) in [4.78, 5) is 0. The maximum Gasteiger partial charge on any atom is 0.209 e. The maximum absolute atomic E-state index is 6.47. The van der Waals surface area contributed by atoms with Gasteiger partial charge in [0.1, 0.15) is 6.61 Å². The average Bonchev–Trinajstić information content (AvgIpc) is 3.13. The Labute approximate surface area is 179 Å².